The van der Waals surface area contributed by atoms with Crippen LogP contribution in [0, 0.1) is 0 Å². The highest BCUT2D eigenvalue weighted by atomic mass is 35.5. The van der Waals surface area contributed by atoms with E-state index >= 15 is 0 Å². The summed E-state index contributed by atoms with van der Waals surface area (Å²) in [5.41, 5.74) is 1.74. The number of fused-ring (bicyclic) bond motifs is 6. The highest BCUT2D eigenvalue weighted by molar-refractivity contribution is 6.48. The van der Waals surface area contributed by atoms with Gasteiger partial charge in [0, 0.05) is 51.2 Å². The third-order valence-corrected chi connectivity index (χ3v) is 16.1. The number of benzene rings is 6. The minimum absolute atomic E-state index is 0.0220. The number of amides is 4. The zero-order chi connectivity index (χ0) is 51.4. The van der Waals surface area contributed by atoms with E-state index in [-0.39, 0.29) is 148 Å². The normalized spacial score (nSPS) is 16.2. The Balaban J connectivity index is 1.02. The fourth-order valence-corrected chi connectivity index (χ4v) is 11.1. The van der Waals surface area contributed by atoms with Gasteiger partial charge in [-0.25, -0.2) is 9.80 Å². The van der Waals surface area contributed by atoms with Crippen LogP contribution in [0.5, 0.6) is 0 Å². The lowest BCUT2D eigenvalue weighted by atomic mass is 9.91. The van der Waals surface area contributed by atoms with Crippen LogP contribution in [0.15, 0.2) is 107 Å². The van der Waals surface area contributed by atoms with Crippen molar-refractivity contribution in [3.05, 3.63) is 214 Å². The van der Waals surface area contributed by atoms with Crippen LogP contribution < -0.4 is 20.4 Å². The van der Waals surface area contributed by atoms with E-state index in [1.165, 1.54) is 60.7 Å². The number of carbonyl (C=O) groups excluding carboxylic acids is 8. The SMILES string of the molecule is O=C1C(=C2C=Cc3c(ccc(Cc4ccc5c(c4N4C(=O)c6cc(Cl)c(Cl)cc6C4=O)C=CC(=C4C(=O)c6cc(Cl)c(Cl)cc6C4=O)N5)c3N3C(=O)c4cc(Cl)c(Cl)cc4C3=O)N2)C(=O)c2cc(Cl)c(Cl)cc21. The van der Waals surface area contributed by atoms with Crippen molar-refractivity contribution in [3.8, 4) is 0 Å². The van der Waals surface area contributed by atoms with E-state index < -0.39 is 46.8 Å². The molecule has 0 radical (unpaired) electrons. The van der Waals surface area contributed by atoms with Gasteiger partial charge in [0.1, 0.15) is 0 Å². The lowest BCUT2D eigenvalue weighted by Crippen LogP contribution is -2.33. The predicted molar refractivity (Wildman–Crippen MR) is 281 cm³/mol. The number of nitrogens with zero attached hydrogens (tertiary/aromatic N) is 2. The Bertz CT molecular complexity index is 3580. The van der Waals surface area contributed by atoms with Crippen molar-refractivity contribution in [1.29, 1.82) is 0 Å². The molecule has 6 aromatic rings. The molecule has 4 heterocycles. The highest BCUT2D eigenvalue weighted by Crippen LogP contribution is 2.48. The van der Waals surface area contributed by atoms with Gasteiger partial charge in [-0.1, -0.05) is 105 Å². The lowest BCUT2D eigenvalue weighted by molar-refractivity contribution is 0.0910. The van der Waals surface area contributed by atoms with Gasteiger partial charge in [-0.2, -0.15) is 0 Å². The molecule has 0 aromatic heterocycles. The zero-order valence-electron chi connectivity index (χ0n) is 36.1. The largest absolute Gasteiger partial charge is 0.354 e. The van der Waals surface area contributed by atoms with Crippen LogP contribution in [0.4, 0.5) is 22.7 Å². The van der Waals surface area contributed by atoms with Crippen LogP contribution in [-0.4, -0.2) is 46.8 Å². The van der Waals surface area contributed by atoms with Crippen molar-refractivity contribution in [2.45, 2.75) is 6.42 Å². The smallest absolute Gasteiger partial charge is 0.266 e. The molecule has 2 N–H and O–H groups in total. The number of anilines is 4. The van der Waals surface area contributed by atoms with E-state index in [4.69, 9.17) is 92.8 Å². The third kappa shape index (κ3) is 6.97. The molecular formula is C53H20Cl8N4O8. The quantitative estimate of drug-likeness (QED) is 0.0985. The van der Waals surface area contributed by atoms with Gasteiger partial charge >= 0.3 is 0 Å². The molecule has 0 spiro atoms. The Morgan fingerprint density at radius 1 is 0.342 bits per heavy atom. The van der Waals surface area contributed by atoms with Crippen molar-refractivity contribution in [3.63, 3.8) is 0 Å². The van der Waals surface area contributed by atoms with Gasteiger partial charge in [-0.05, 0) is 96.1 Å². The summed E-state index contributed by atoms with van der Waals surface area (Å²) in [4.78, 5) is 115. The number of ketones is 4. The number of hydrogen-bond donors (Lipinski definition) is 2. The van der Waals surface area contributed by atoms with E-state index in [9.17, 15) is 38.4 Å². The first-order chi connectivity index (χ1) is 34.8. The summed E-state index contributed by atoms with van der Waals surface area (Å²) < 4.78 is 0. The molecule has 0 atom stereocenters. The molecule has 73 heavy (non-hydrogen) atoms. The summed E-state index contributed by atoms with van der Waals surface area (Å²) in [6.45, 7) is 0. The van der Waals surface area contributed by atoms with Gasteiger partial charge in [0.25, 0.3) is 23.6 Å². The average molecular weight is 1120 g/mol. The molecular weight excluding hydrogens is 1100 g/mol. The summed E-state index contributed by atoms with van der Waals surface area (Å²) in [5.74, 6) is -5.45. The second-order valence-electron chi connectivity index (χ2n) is 17.2. The molecule has 0 saturated heterocycles. The maximum absolute atomic E-state index is 14.6. The first-order valence-electron chi connectivity index (χ1n) is 21.5. The predicted octanol–water partition coefficient (Wildman–Crippen LogP) is 13.6. The molecule has 0 saturated carbocycles. The van der Waals surface area contributed by atoms with Crippen molar-refractivity contribution in [2.75, 3.05) is 20.4 Å². The minimum Gasteiger partial charge on any atom is -0.354 e. The molecule has 0 bridgehead atoms. The number of allylic oxidation sites excluding steroid dienone is 4. The topological polar surface area (TPSA) is 167 Å². The molecule has 356 valence electrons. The van der Waals surface area contributed by atoms with Crippen molar-refractivity contribution in [1.82, 2.24) is 0 Å². The van der Waals surface area contributed by atoms with E-state index in [2.05, 4.69) is 10.6 Å². The number of nitrogens with one attached hydrogen (secondary N) is 2. The average Bonchev–Trinajstić information content (AvgIpc) is 3.93. The van der Waals surface area contributed by atoms with Crippen LogP contribution >= 0.6 is 92.8 Å². The lowest BCUT2D eigenvalue weighted by Gasteiger charge is -2.28. The van der Waals surface area contributed by atoms with Crippen molar-refractivity contribution >= 4 is 174 Å². The molecule has 12 rings (SSSR count). The molecule has 20 heteroatoms. The maximum atomic E-state index is 14.6. The van der Waals surface area contributed by atoms with Gasteiger partial charge in [-0.15, -0.1) is 0 Å². The van der Waals surface area contributed by atoms with Gasteiger partial charge < -0.3 is 10.6 Å². The molecule has 4 aliphatic heterocycles. The van der Waals surface area contributed by atoms with E-state index in [0.717, 1.165) is 9.80 Å². The molecule has 2 aliphatic carbocycles. The van der Waals surface area contributed by atoms with Gasteiger partial charge in [0.2, 0.25) is 0 Å². The summed E-state index contributed by atoms with van der Waals surface area (Å²) in [6.07, 6.45) is 5.83. The molecule has 6 aromatic carbocycles. The standard InChI is InChI=1S/C53H20Cl8N4O8/c54-30-10-22-23(11-31(30)55)47(67)42(46(22)66)40-7-3-20-38(62-40)5-1-18(44(20)64-50(70)26-14-34(58)35(59)15-27(26)51(64)71)9-19-2-6-39-21(45(19)65-52(72)28-16-36(60)37(61)17-29(28)53(65)73)4-8-41(63-39)43-48(68)24-12-32(56)33(57)13-25(24)49(43)69/h1-8,10-17,62-63H,9H2. The minimum atomic E-state index is -0.758. The number of halogens is 8. The number of rotatable bonds is 4. The number of imide groups is 2. The molecule has 6 aliphatic rings. The Morgan fingerprint density at radius 3 is 0.877 bits per heavy atom. The number of carbonyl (C=O) groups is 8. The summed E-state index contributed by atoms with van der Waals surface area (Å²) in [6, 6.07) is 16.9. The third-order valence-electron chi connectivity index (χ3n) is 13.2. The summed E-state index contributed by atoms with van der Waals surface area (Å²) >= 11 is 50.4. The summed E-state index contributed by atoms with van der Waals surface area (Å²) in [5, 5.41) is 6.73. The Morgan fingerprint density at radius 2 is 0.603 bits per heavy atom. The zero-order valence-corrected chi connectivity index (χ0v) is 42.2. The number of Topliss-reactive ketones (excluding diaryl/α,β-unsaturated/α-hetero) is 4. The summed E-state index contributed by atoms with van der Waals surface area (Å²) in [7, 11) is 0. The number of hydrogen-bond acceptors (Lipinski definition) is 10. The highest BCUT2D eigenvalue weighted by Gasteiger charge is 2.44. The van der Waals surface area contributed by atoms with Crippen molar-refractivity contribution in [2.24, 2.45) is 0 Å². The van der Waals surface area contributed by atoms with E-state index in [0.29, 0.717) is 11.1 Å². The van der Waals surface area contributed by atoms with Crippen LogP contribution in [0.25, 0.3) is 12.2 Å². The second kappa shape index (κ2) is 16.9. The molecule has 4 amide bonds. The second-order valence-corrected chi connectivity index (χ2v) is 20.5. The Labute approximate surface area is 450 Å². The van der Waals surface area contributed by atoms with Gasteiger partial charge in [0.15, 0.2) is 23.1 Å². The van der Waals surface area contributed by atoms with Gasteiger partial charge in [0.05, 0.1) is 96.3 Å². The molecule has 12 nitrogen and oxygen atoms in total. The Hall–Kier alpha value is -6.84. The molecule has 0 unspecified atom stereocenters. The van der Waals surface area contributed by atoms with Crippen LogP contribution in [0.1, 0.15) is 105 Å². The first kappa shape index (κ1) is 47.2. The first-order valence-corrected chi connectivity index (χ1v) is 24.5. The fourth-order valence-electron chi connectivity index (χ4n) is 9.83. The van der Waals surface area contributed by atoms with Crippen LogP contribution in [0.3, 0.4) is 0 Å². The van der Waals surface area contributed by atoms with Gasteiger partial charge in [-0.3, -0.25) is 38.4 Å². The molecule has 0 fully saturated rings. The fraction of sp³-hybridized carbons (Fsp3) is 0.0189. The van der Waals surface area contributed by atoms with E-state index in [1.807, 2.05) is 0 Å². The maximum Gasteiger partial charge on any atom is 0.266 e. The van der Waals surface area contributed by atoms with Crippen LogP contribution in [0.2, 0.25) is 40.2 Å². The monoisotopic (exact) mass is 1120 g/mol. The van der Waals surface area contributed by atoms with E-state index in [1.54, 1.807) is 36.4 Å². The van der Waals surface area contributed by atoms with Crippen molar-refractivity contribution < 1.29 is 38.4 Å². The Kier molecular flexibility index (Phi) is 10.9. The van der Waals surface area contributed by atoms with Crippen LogP contribution in [-0.2, 0) is 6.42 Å².